The zero-order valence-electron chi connectivity index (χ0n) is 15.2. The number of rotatable bonds is 7. The van der Waals surface area contributed by atoms with Gasteiger partial charge in [-0.3, -0.25) is 9.69 Å². The van der Waals surface area contributed by atoms with Crippen LogP contribution in [0.5, 0.6) is 0 Å². The smallest absolute Gasteiger partial charge is 0.234 e. The lowest BCUT2D eigenvalue weighted by atomic mass is 10.0. The summed E-state index contributed by atoms with van der Waals surface area (Å²) in [7, 11) is 0. The molecule has 1 fully saturated rings. The summed E-state index contributed by atoms with van der Waals surface area (Å²) >= 11 is 1.80. The second-order valence-electron chi connectivity index (χ2n) is 7.14. The Morgan fingerprint density at radius 3 is 2.76 bits per heavy atom. The van der Waals surface area contributed by atoms with Gasteiger partial charge < -0.3 is 5.32 Å². The maximum atomic E-state index is 12.3. The number of carbonyl (C=O) groups excluding carboxylic acids is 1. The van der Waals surface area contributed by atoms with Crippen molar-refractivity contribution >= 4 is 17.2 Å². The Labute approximate surface area is 155 Å². The molecule has 3 nitrogen and oxygen atoms in total. The number of hydrogen-bond donors (Lipinski definition) is 1. The molecule has 1 aromatic carbocycles. The van der Waals surface area contributed by atoms with Crippen LogP contribution in [0.25, 0.3) is 0 Å². The van der Waals surface area contributed by atoms with E-state index in [1.54, 1.807) is 11.3 Å². The molecule has 4 heteroatoms. The van der Waals surface area contributed by atoms with Crippen molar-refractivity contribution in [3.63, 3.8) is 0 Å². The Morgan fingerprint density at radius 2 is 2.08 bits per heavy atom. The number of benzene rings is 1. The maximum Gasteiger partial charge on any atom is 0.234 e. The molecule has 1 atom stereocenters. The van der Waals surface area contributed by atoms with Crippen LogP contribution in [0.1, 0.15) is 54.7 Å². The van der Waals surface area contributed by atoms with Crippen LogP contribution in [-0.4, -0.2) is 30.4 Å². The summed E-state index contributed by atoms with van der Waals surface area (Å²) in [5, 5.41) is 5.21. The summed E-state index contributed by atoms with van der Waals surface area (Å²) in [4.78, 5) is 16.0. The summed E-state index contributed by atoms with van der Waals surface area (Å²) in [6.07, 6.45) is 3.23. The molecule has 1 N–H and O–H groups in total. The van der Waals surface area contributed by atoms with E-state index in [0.29, 0.717) is 25.0 Å². The first-order valence-corrected chi connectivity index (χ1v) is 10.1. The molecule has 1 aromatic heterocycles. The highest BCUT2D eigenvalue weighted by Crippen LogP contribution is 2.33. The van der Waals surface area contributed by atoms with Crippen molar-refractivity contribution in [1.82, 2.24) is 10.2 Å². The van der Waals surface area contributed by atoms with Gasteiger partial charge in [0.25, 0.3) is 0 Å². The van der Waals surface area contributed by atoms with E-state index in [0.717, 1.165) is 19.4 Å². The quantitative estimate of drug-likeness (QED) is 0.799. The molecule has 1 amide bonds. The van der Waals surface area contributed by atoms with E-state index < -0.39 is 0 Å². The average Bonchev–Trinajstić information content (AvgIpc) is 3.26. The zero-order chi connectivity index (χ0) is 17.6. The molecule has 0 saturated carbocycles. The molecule has 1 aliphatic heterocycles. The second kappa shape index (κ2) is 8.63. The molecule has 1 saturated heterocycles. The summed E-state index contributed by atoms with van der Waals surface area (Å²) in [5.74, 6) is 0.702. The van der Waals surface area contributed by atoms with Crippen LogP contribution in [0.15, 0.2) is 41.8 Å². The number of carbonyl (C=O) groups is 1. The molecule has 1 aliphatic rings. The van der Waals surface area contributed by atoms with Gasteiger partial charge >= 0.3 is 0 Å². The maximum absolute atomic E-state index is 12.3. The summed E-state index contributed by atoms with van der Waals surface area (Å²) in [6.45, 7) is 6.65. The van der Waals surface area contributed by atoms with Crippen molar-refractivity contribution in [3.05, 3.63) is 57.8 Å². The minimum absolute atomic E-state index is 0.141. The van der Waals surface area contributed by atoms with E-state index in [2.05, 4.69) is 65.8 Å². The monoisotopic (exact) mass is 356 g/mol. The lowest BCUT2D eigenvalue weighted by molar-refractivity contribution is -0.122. The fraction of sp³-hybridized carbons (Fsp3) is 0.476. The number of nitrogens with one attached hydrogen (secondary N) is 1. The Balaban J connectivity index is 1.43. The first kappa shape index (κ1) is 18.2. The van der Waals surface area contributed by atoms with Gasteiger partial charge in [0.1, 0.15) is 0 Å². The molecule has 0 unspecified atom stereocenters. The van der Waals surface area contributed by atoms with Crippen molar-refractivity contribution in [1.29, 1.82) is 0 Å². The average molecular weight is 357 g/mol. The van der Waals surface area contributed by atoms with Gasteiger partial charge in [-0.1, -0.05) is 44.2 Å². The molecule has 0 bridgehead atoms. The Bertz CT molecular complexity index is 664. The van der Waals surface area contributed by atoms with Gasteiger partial charge in [0.05, 0.1) is 6.54 Å². The van der Waals surface area contributed by atoms with Crippen LogP contribution in [-0.2, 0) is 11.2 Å². The highest BCUT2D eigenvalue weighted by Gasteiger charge is 2.27. The van der Waals surface area contributed by atoms with Crippen LogP contribution in [0.3, 0.4) is 0 Å². The van der Waals surface area contributed by atoms with Gasteiger partial charge in [0, 0.05) is 17.5 Å². The predicted octanol–water partition coefficient (Wildman–Crippen LogP) is 4.37. The van der Waals surface area contributed by atoms with Gasteiger partial charge in [-0.15, -0.1) is 11.3 Å². The number of nitrogens with zero attached hydrogens (tertiary/aromatic N) is 1. The van der Waals surface area contributed by atoms with E-state index >= 15 is 0 Å². The molecular weight excluding hydrogens is 328 g/mol. The number of thiophene rings is 1. The van der Waals surface area contributed by atoms with E-state index in [9.17, 15) is 4.79 Å². The van der Waals surface area contributed by atoms with E-state index in [1.165, 1.54) is 22.4 Å². The molecule has 3 rings (SSSR count). The minimum atomic E-state index is 0.141. The fourth-order valence-corrected chi connectivity index (χ4v) is 4.37. The van der Waals surface area contributed by atoms with Crippen LogP contribution in [0.2, 0.25) is 0 Å². The lowest BCUT2D eigenvalue weighted by Gasteiger charge is -2.22. The van der Waals surface area contributed by atoms with E-state index in [1.807, 2.05) is 0 Å². The predicted molar refractivity (Wildman–Crippen MR) is 105 cm³/mol. The van der Waals surface area contributed by atoms with Gasteiger partial charge in [0.2, 0.25) is 5.91 Å². The van der Waals surface area contributed by atoms with E-state index in [-0.39, 0.29) is 5.91 Å². The first-order chi connectivity index (χ1) is 12.1. The molecule has 134 valence electrons. The van der Waals surface area contributed by atoms with Crippen molar-refractivity contribution in [3.8, 4) is 0 Å². The topological polar surface area (TPSA) is 32.3 Å². The van der Waals surface area contributed by atoms with Gasteiger partial charge in [-0.2, -0.15) is 0 Å². The SMILES string of the molecule is CC(C)c1ccc(CCNC(=O)CN2CCC[C@H]2c2cccs2)cc1. The van der Waals surface area contributed by atoms with Crippen LogP contribution < -0.4 is 5.32 Å². The molecule has 0 radical (unpaired) electrons. The van der Waals surface area contributed by atoms with Crippen molar-refractivity contribution in [2.45, 2.75) is 45.1 Å². The van der Waals surface area contributed by atoms with Crippen molar-refractivity contribution < 1.29 is 4.79 Å². The summed E-state index contributed by atoms with van der Waals surface area (Å²) in [6, 6.07) is 13.4. The van der Waals surface area contributed by atoms with Gasteiger partial charge in [-0.25, -0.2) is 0 Å². The van der Waals surface area contributed by atoms with Crippen LogP contribution >= 0.6 is 11.3 Å². The van der Waals surface area contributed by atoms with Crippen molar-refractivity contribution in [2.24, 2.45) is 0 Å². The molecule has 0 aliphatic carbocycles. The Hall–Kier alpha value is -1.65. The molecule has 2 heterocycles. The molecule has 25 heavy (non-hydrogen) atoms. The number of hydrogen-bond acceptors (Lipinski definition) is 3. The molecular formula is C21H28N2OS. The number of likely N-dealkylation sites (tertiary alicyclic amines) is 1. The van der Waals surface area contributed by atoms with Crippen LogP contribution in [0.4, 0.5) is 0 Å². The Morgan fingerprint density at radius 1 is 1.28 bits per heavy atom. The van der Waals surface area contributed by atoms with Crippen LogP contribution in [0, 0.1) is 0 Å². The highest BCUT2D eigenvalue weighted by molar-refractivity contribution is 7.10. The molecule has 0 spiro atoms. The third-order valence-electron chi connectivity index (χ3n) is 4.96. The normalized spacial score (nSPS) is 18.0. The highest BCUT2D eigenvalue weighted by atomic mass is 32.1. The largest absolute Gasteiger partial charge is 0.355 e. The first-order valence-electron chi connectivity index (χ1n) is 9.26. The minimum Gasteiger partial charge on any atom is -0.355 e. The standard InChI is InChI=1S/C21H28N2OS/c1-16(2)18-9-7-17(8-10-18)11-12-22-21(24)15-23-13-3-5-19(23)20-6-4-14-25-20/h4,6-10,14,16,19H,3,5,11-13,15H2,1-2H3,(H,22,24)/t19-/m0/s1. The third-order valence-corrected chi connectivity index (χ3v) is 5.94. The third kappa shape index (κ3) is 4.93. The number of amides is 1. The Kier molecular flexibility index (Phi) is 6.27. The lowest BCUT2D eigenvalue weighted by Crippen LogP contribution is -2.37. The molecule has 2 aromatic rings. The van der Waals surface area contributed by atoms with E-state index in [4.69, 9.17) is 0 Å². The summed E-state index contributed by atoms with van der Waals surface area (Å²) < 4.78 is 0. The van der Waals surface area contributed by atoms with Gasteiger partial charge in [-0.05, 0) is 54.3 Å². The summed E-state index contributed by atoms with van der Waals surface area (Å²) in [5.41, 5.74) is 2.64. The fourth-order valence-electron chi connectivity index (χ4n) is 3.47. The zero-order valence-corrected chi connectivity index (χ0v) is 16.0. The van der Waals surface area contributed by atoms with Crippen molar-refractivity contribution in [2.75, 3.05) is 19.6 Å². The second-order valence-corrected chi connectivity index (χ2v) is 8.12. The van der Waals surface area contributed by atoms with Gasteiger partial charge in [0.15, 0.2) is 0 Å².